The summed E-state index contributed by atoms with van der Waals surface area (Å²) in [7, 11) is 3.34. The number of methoxy groups -OCH3 is 1. The van der Waals surface area contributed by atoms with E-state index in [0.29, 0.717) is 6.42 Å². The Hall–Kier alpha value is -1.78. The Kier molecular flexibility index (Phi) is 6.12. The lowest BCUT2D eigenvalue weighted by Gasteiger charge is -2.21. The summed E-state index contributed by atoms with van der Waals surface area (Å²) in [6.07, 6.45) is 2.97. The number of rotatable bonds is 7. The highest BCUT2D eigenvalue weighted by molar-refractivity contribution is 5.69. The van der Waals surface area contributed by atoms with Crippen molar-refractivity contribution >= 4 is 11.8 Å². The first-order valence-electron chi connectivity index (χ1n) is 6.44. The van der Waals surface area contributed by atoms with E-state index < -0.39 is 0 Å². The zero-order chi connectivity index (χ0) is 14.3. The molecule has 0 radical (unpaired) electrons. The third-order valence-corrected chi connectivity index (χ3v) is 2.58. The molecule has 1 aromatic rings. The summed E-state index contributed by atoms with van der Waals surface area (Å²) in [5.74, 6) is 1.37. The zero-order valence-corrected chi connectivity index (χ0v) is 12.0. The van der Waals surface area contributed by atoms with Gasteiger partial charge in [-0.2, -0.15) is 0 Å². The predicted octanol–water partition coefficient (Wildman–Crippen LogP) is 2.26. The number of hydrogen-bond donors (Lipinski definition) is 0. The molecule has 0 bridgehead atoms. The Morgan fingerprint density at radius 1 is 1.47 bits per heavy atom. The van der Waals surface area contributed by atoms with Crippen LogP contribution in [0.3, 0.4) is 0 Å². The smallest absolute Gasteiger partial charge is 0.305 e. The first-order chi connectivity index (χ1) is 9.04. The molecule has 19 heavy (non-hydrogen) atoms. The van der Waals surface area contributed by atoms with Crippen molar-refractivity contribution in [2.45, 2.75) is 32.8 Å². The summed E-state index contributed by atoms with van der Waals surface area (Å²) in [6, 6.07) is 3.75. The molecule has 0 fully saturated rings. The number of anilines is 1. The van der Waals surface area contributed by atoms with Gasteiger partial charge in [0.1, 0.15) is 0 Å². The lowest BCUT2D eigenvalue weighted by molar-refractivity contribution is -0.140. The quantitative estimate of drug-likeness (QED) is 0.708. The average molecular weight is 266 g/mol. The van der Waals surface area contributed by atoms with E-state index in [1.54, 1.807) is 6.20 Å². The lowest BCUT2D eigenvalue weighted by atomic mass is 10.3. The molecular weight excluding hydrogens is 244 g/mol. The van der Waals surface area contributed by atoms with Crippen LogP contribution in [-0.4, -0.2) is 37.8 Å². The number of esters is 1. The van der Waals surface area contributed by atoms with Crippen LogP contribution in [0.15, 0.2) is 18.3 Å². The molecule has 1 rings (SSSR count). The van der Waals surface area contributed by atoms with Gasteiger partial charge in [-0.25, -0.2) is 4.98 Å². The SMILES string of the molecule is COC(=O)CCCN(C)c1ncccc1OC(C)C. The molecule has 0 N–H and O–H groups in total. The third kappa shape index (κ3) is 5.16. The summed E-state index contributed by atoms with van der Waals surface area (Å²) in [6.45, 7) is 4.68. The lowest BCUT2D eigenvalue weighted by Crippen LogP contribution is -2.22. The van der Waals surface area contributed by atoms with Gasteiger partial charge in [0.25, 0.3) is 0 Å². The average Bonchev–Trinajstić information content (AvgIpc) is 2.38. The van der Waals surface area contributed by atoms with Crippen molar-refractivity contribution in [3.05, 3.63) is 18.3 Å². The number of hydrogen-bond acceptors (Lipinski definition) is 5. The minimum Gasteiger partial charge on any atom is -0.487 e. The van der Waals surface area contributed by atoms with Gasteiger partial charge in [0.2, 0.25) is 0 Å². The van der Waals surface area contributed by atoms with Crippen molar-refractivity contribution in [2.24, 2.45) is 0 Å². The molecule has 0 spiro atoms. The van der Waals surface area contributed by atoms with Crippen LogP contribution in [0.5, 0.6) is 5.75 Å². The topological polar surface area (TPSA) is 51.7 Å². The largest absolute Gasteiger partial charge is 0.487 e. The predicted molar refractivity (Wildman–Crippen MR) is 74.5 cm³/mol. The van der Waals surface area contributed by atoms with Gasteiger partial charge in [0.05, 0.1) is 13.2 Å². The molecule has 0 aromatic carbocycles. The molecule has 1 aromatic heterocycles. The van der Waals surface area contributed by atoms with E-state index >= 15 is 0 Å². The van der Waals surface area contributed by atoms with Gasteiger partial charge in [-0.3, -0.25) is 4.79 Å². The number of carbonyl (C=O) groups is 1. The fraction of sp³-hybridized carbons (Fsp3) is 0.571. The van der Waals surface area contributed by atoms with E-state index in [0.717, 1.165) is 24.5 Å². The molecule has 0 aliphatic heterocycles. The van der Waals surface area contributed by atoms with Crippen LogP contribution in [0.1, 0.15) is 26.7 Å². The zero-order valence-electron chi connectivity index (χ0n) is 12.0. The molecule has 0 atom stereocenters. The van der Waals surface area contributed by atoms with Crippen molar-refractivity contribution in [3.63, 3.8) is 0 Å². The number of aromatic nitrogens is 1. The molecule has 0 unspecified atom stereocenters. The first kappa shape index (κ1) is 15.3. The summed E-state index contributed by atoms with van der Waals surface area (Å²) in [5.41, 5.74) is 0. The molecule has 0 amide bonds. The minimum atomic E-state index is -0.187. The summed E-state index contributed by atoms with van der Waals surface area (Å²) in [5, 5.41) is 0. The summed E-state index contributed by atoms with van der Waals surface area (Å²) < 4.78 is 10.3. The normalized spacial score (nSPS) is 10.4. The van der Waals surface area contributed by atoms with E-state index in [1.165, 1.54) is 7.11 Å². The van der Waals surface area contributed by atoms with Crippen LogP contribution in [0.2, 0.25) is 0 Å². The maximum atomic E-state index is 11.1. The Bertz CT molecular complexity index is 407. The maximum absolute atomic E-state index is 11.1. The summed E-state index contributed by atoms with van der Waals surface area (Å²) in [4.78, 5) is 17.4. The van der Waals surface area contributed by atoms with E-state index in [-0.39, 0.29) is 12.1 Å². The van der Waals surface area contributed by atoms with Crippen molar-refractivity contribution in [2.75, 3.05) is 25.6 Å². The molecule has 0 saturated heterocycles. The van der Waals surface area contributed by atoms with E-state index in [9.17, 15) is 4.79 Å². The summed E-state index contributed by atoms with van der Waals surface area (Å²) >= 11 is 0. The number of nitrogens with zero attached hydrogens (tertiary/aromatic N) is 2. The molecule has 0 saturated carbocycles. The van der Waals surface area contributed by atoms with Crippen LogP contribution >= 0.6 is 0 Å². The molecule has 0 aliphatic carbocycles. The Morgan fingerprint density at radius 3 is 2.84 bits per heavy atom. The van der Waals surface area contributed by atoms with Gasteiger partial charge < -0.3 is 14.4 Å². The van der Waals surface area contributed by atoms with Crippen LogP contribution < -0.4 is 9.64 Å². The Morgan fingerprint density at radius 2 is 2.21 bits per heavy atom. The molecule has 0 aliphatic rings. The minimum absolute atomic E-state index is 0.103. The van der Waals surface area contributed by atoms with Gasteiger partial charge in [-0.15, -0.1) is 0 Å². The van der Waals surface area contributed by atoms with E-state index in [4.69, 9.17) is 4.74 Å². The van der Waals surface area contributed by atoms with Crippen molar-refractivity contribution in [1.29, 1.82) is 0 Å². The Balaban J connectivity index is 2.60. The van der Waals surface area contributed by atoms with Gasteiger partial charge in [0, 0.05) is 26.2 Å². The van der Waals surface area contributed by atoms with Crippen LogP contribution in [0, 0.1) is 0 Å². The monoisotopic (exact) mass is 266 g/mol. The van der Waals surface area contributed by atoms with Crippen molar-refractivity contribution in [3.8, 4) is 5.75 Å². The maximum Gasteiger partial charge on any atom is 0.305 e. The first-order valence-corrected chi connectivity index (χ1v) is 6.44. The van der Waals surface area contributed by atoms with Crippen LogP contribution in [0.25, 0.3) is 0 Å². The molecular formula is C14H22N2O3. The fourth-order valence-corrected chi connectivity index (χ4v) is 1.68. The highest BCUT2D eigenvalue weighted by Gasteiger charge is 2.11. The number of pyridine rings is 1. The fourth-order valence-electron chi connectivity index (χ4n) is 1.68. The van der Waals surface area contributed by atoms with E-state index in [2.05, 4.69) is 9.72 Å². The highest BCUT2D eigenvalue weighted by atomic mass is 16.5. The molecule has 1 heterocycles. The standard InChI is InChI=1S/C14H22N2O3/c1-11(2)19-12-7-5-9-15-14(12)16(3)10-6-8-13(17)18-4/h5,7,9,11H,6,8,10H2,1-4H3. The van der Waals surface area contributed by atoms with Gasteiger partial charge >= 0.3 is 5.97 Å². The highest BCUT2D eigenvalue weighted by Crippen LogP contribution is 2.25. The molecule has 5 nitrogen and oxygen atoms in total. The molecule has 106 valence electrons. The second-order valence-electron chi connectivity index (χ2n) is 4.59. The van der Waals surface area contributed by atoms with Gasteiger partial charge in [-0.1, -0.05) is 0 Å². The van der Waals surface area contributed by atoms with Crippen LogP contribution in [-0.2, 0) is 9.53 Å². The second kappa shape index (κ2) is 7.61. The number of carbonyl (C=O) groups excluding carboxylic acids is 1. The van der Waals surface area contributed by atoms with Gasteiger partial charge in [-0.05, 0) is 32.4 Å². The number of ether oxygens (including phenoxy) is 2. The van der Waals surface area contributed by atoms with Crippen molar-refractivity contribution < 1.29 is 14.3 Å². The van der Waals surface area contributed by atoms with Crippen LogP contribution in [0.4, 0.5) is 5.82 Å². The molecule has 5 heteroatoms. The third-order valence-electron chi connectivity index (χ3n) is 2.58. The Labute approximate surface area is 114 Å². The van der Waals surface area contributed by atoms with Crippen molar-refractivity contribution in [1.82, 2.24) is 4.98 Å². The van der Waals surface area contributed by atoms with Gasteiger partial charge in [0.15, 0.2) is 11.6 Å². The second-order valence-corrected chi connectivity index (χ2v) is 4.59. The van der Waals surface area contributed by atoms with E-state index in [1.807, 2.05) is 37.9 Å².